The zero-order valence-electron chi connectivity index (χ0n) is 10.2. The molecule has 0 N–H and O–H groups in total. The van der Waals surface area contributed by atoms with E-state index >= 15 is 0 Å². The highest BCUT2D eigenvalue weighted by molar-refractivity contribution is 6.30. The minimum absolute atomic E-state index is 0.0321. The van der Waals surface area contributed by atoms with Crippen LogP contribution in [0.5, 0.6) is 0 Å². The third kappa shape index (κ3) is 2.27. The van der Waals surface area contributed by atoms with Gasteiger partial charge in [-0.25, -0.2) is 4.79 Å². The number of anilines is 2. The van der Waals surface area contributed by atoms with Gasteiger partial charge in [-0.15, -0.1) is 0 Å². The number of carbonyl (C=O) groups excluding carboxylic acids is 1. The lowest BCUT2D eigenvalue weighted by Crippen LogP contribution is -2.31. The number of rotatable bonds is 2. The number of pyridine rings is 1. The van der Waals surface area contributed by atoms with Gasteiger partial charge >= 0.3 is 6.03 Å². The first-order valence-corrected chi connectivity index (χ1v) is 6.38. The molecule has 19 heavy (non-hydrogen) atoms. The molecule has 0 saturated carbocycles. The van der Waals surface area contributed by atoms with E-state index < -0.39 is 0 Å². The van der Waals surface area contributed by atoms with Gasteiger partial charge in [-0.3, -0.25) is 14.8 Å². The van der Waals surface area contributed by atoms with Crippen molar-refractivity contribution in [3.63, 3.8) is 0 Å². The van der Waals surface area contributed by atoms with Crippen molar-refractivity contribution >= 4 is 29.0 Å². The first-order valence-electron chi connectivity index (χ1n) is 6.00. The molecule has 5 heteroatoms. The molecule has 0 radical (unpaired) electrons. The number of amides is 2. The Kier molecular flexibility index (Phi) is 3.09. The predicted octanol–water partition coefficient (Wildman–Crippen LogP) is 3.18. The first kappa shape index (κ1) is 12.0. The van der Waals surface area contributed by atoms with Crippen molar-refractivity contribution in [2.24, 2.45) is 0 Å². The Balaban J connectivity index is 1.84. The van der Waals surface area contributed by atoms with Crippen LogP contribution in [-0.2, 0) is 0 Å². The fourth-order valence-electron chi connectivity index (χ4n) is 2.15. The lowest BCUT2D eigenvalue weighted by molar-refractivity contribution is 0.256. The summed E-state index contributed by atoms with van der Waals surface area (Å²) in [5, 5.41) is 0.666. The summed E-state index contributed by atoms with van der Waals surface area (Å²) >= 11 is 5.86. The third-order valence-corrected chi connectivity index (χ3v) is 3.36. The highest BCUT2D eigenvalue weighted by Crippen LogP contribution is 2.25. The molecule has 3 rings (SSSR count). The van der Waals surface area contributed by atoms with E-state index in [1.54, 1.807) is 34.3 Å². The Bertz CT molecular complexity index is 585. The van der Waals surface area contributed by atoms with Gasteiger partial charge in [0.25, 0.3) is 0 Å². The van der Waals surface area contributed by atoms with Gasteiger partial charge in [0.05, 0.1) is 11.9 Å². The van der Waals surface area contributed by atoms with Crippen molar-refractivity contribution in [1.29, 1.82) is 0 Å². The zero-order valence-corrected chi connectivity index (χ0v) is 10.9. The third-order valence-electron chi connectivity index (χ3n) is 3.10. The molecule has 1 aliphatic heterocycles. The molecule has 2 amide bonds. The van der Waals surface area contributed by atoms with E-state index in [0.717, 1.165) is 11.4 Å². The van der Waals surface area contributed by atoms with Crippen LogP contribution >= 0.6 is 11.6 Å². The van der Waals surface area contributed by atoms with Crippen molar-refractivity contribution in [3.05, 3.63) is 53.8 Å². The number of hydrogen-bond acceptors (Lipinski definition) is 2. The fourth-order valence-corrected chi connectivity index (χ4v) is 2.28. The van der Waals surface area contributed by atoms with Crippen LogP contribution in [0.25, 0.3) is 0 Å². The summed E-state index contributed by atoms with van der Waals surface area (Å²) in [6, 6.07) is 11.0. The maximum absolute atomic E-state index is 12.4. The summed E-state index contributed by atoms with van der Waals surface area (Å²) in [6.07, 6.45) is 3.39. The molecule has 96 valence electrons. The van der Waals surface area contributed by atoms with Crippen molar-refractivity contribution in [2.75, 3.05) is 22.9 Å². The predicted molar refractivity (Wildman–Crippen MR) is 75.8 cm³/mol. The summed E-state index contributed by atoms with van der Waals surface area (Å²) in [4.78, 5) is 19.9. The summed E-state index contributed by atoms with van der Waals surface area (Å²) < 4.78 is 0. The normalized spacial score (nSPS) is 15.1. The van der Waals surface area contributed by atoms with Crippen LogP contribution in [0.3, 0.4) is 0 Å². The van der Waals surface area contributed by atoms with E-state index in [-0.39, 0.29) is 6.03 Å². The minimum Gasteiger partial charge on any atom is -0.292 e. The van der Waals surface area contributed by atoms with Crippen molar-refractivity contribution < 1.29 is 4.79 Å². The number of carbonyl (C=O) groups is 1. The van der Waals surface area contributed by atoms with Crippen LogP contribution in [0.2, 0.25) is 5.02 Å². The van der Waals surface area contributed by atoms with Crippen LogP contribution < -0.4 is 9.80 Å². The minimum atomic E-state index is -0.0321. The molecule has 4 nitrogen and oxygen atoms in total. The van der Waals surface area contributed by atoms with Crippen molar-refractivity contribution in [2.45, 2.75) is 0 Å². The lowest BCUT2D eigenvalue weighted by Gasteiger charge is -2.18. The highest BCUT2D eigenvalue weighted by Gasteiger charge is 2.30. The van der Waals surface area contributed by atoms with Gasteiger partial charge in [-0.05, 0) is 36.4 Å². The Labute approximate surface area is 116 Å². The zero-order chi connectivity index (χ0) is 13.2. The van der Waals surface area contributed by atoms with E-state index in [9.17, 15) is 4.79 Å². The Morgan fingerprint density at radius 3 is 2.32 bits per heavy atom. The number of halogens is 1. The first-order chi connectivity index (χ1) is 9.25. The quantitative estimate of drug-likeness (QED) is 0.843. The molecule has 1 aliphatic rings. The molecule has 0 aliphatic carbocycles. The van der Waals surface area contributed by atoms with Gasteiger partial charge in [0.15, 0.2) is 0 Å². The van der Waals surface area contributed by atoms with Gasteiger partial charge in [0, 0.05) is 30.0 Å². The van der Waals surface area contributed by atoms with Crippen LogP contribution in [0.15, 0.2) is 48.8 Å². The molecule has 0 unspecified atom stereocenters. The van der Waals surface area contributed by atoms with Crippen molar-refractivity contribution in [3.8, 4) is 0 Å². The van der Waals surface area contributed by atoms with E-state index in [4.69, 9.17) is 11.6 Å². The van der Waals surface area contributed by atoms with E-state index in [0.29, 0.717) is 18.1 Å². The average molecular weight is 274 g/mol. The van der Waals surface area contributed by atoms with Gasteiger partial charge in [-0.2, -0.15) is 0 Å². The second kappa shape index (κ2) is 4.90. The molecule has 0 spiro atoms. The Hall–Kier alpha value is -2.07. The van der Waals surface area contributed by atoms with Crippen LogP contribution in [-0.4, -0.2) is 24.1 Å². The second-order valence-corrected chi connectivity index (χ2v) is 4.71. The molecular weight excluding hydrogens is 262 g/mol. The largest absolute Gasteiger partial charge is 0.329 e. The summed E-state index contributed by atoms with van der Waals surface area (Å²) in [6.45, 7) is 1.32. The van der Waals surface area contributed by atoms with Crippen LogP contribution in [0, 0.1) is 0 Å². The lowest BCUT2D eigenvalue weighted by atomic mass is 10.3. The molecule has 1 saturated heterocycles. The molecule has 1 aromatic carbocycles. The maximum atomic E-state index is 12.4. The van der Waals surface area contributed by atoms with Crippen molar-refractivity contribution in [1.82, 2.24) is 4.98 Å². The highest BCUT2D eigenvalue weighted by atomic mass is 35.5. The average Bonchev–Trinajstić information content (AvgIpc) is 2.83. The van der Waals surface area contributed by atoms with Gasteiger partial charge in [0.1, 0.15) is 0 Å². The molecule has 2 aromatic rings. The monoisotopic (exact) mass is 273 g/mol. The molecule has 1 aromatic heterocycles. The molecule has 1 fully saturated rings. The van der Waals surface area contributed by atoms with Crippen LogP contribution in [0.1, 0.15) is 0 Å². The van der Waals surface area contributed by atoms with E-state index in [2.05, 4.69) is 4.98 Å². The topological polar surface area (TPSA) is 36.4 Å². The maximum Gasteiger partial charge on any atom is 0.329 e. The van der Waals surface area contributed by atoms with E-state index in [1.807, 2.05) is 24.3 Å². The fraction of sp³-hybridized carbons (Fsp3) is 0.143. The number of nitrogens with zero attached hydrogens (tertiary/aromatic N) is 3. The number of hydrogen-bond donors (Lipinski definition) is 0. The molecular formula is C14H12ClN3O. The smallest absolute Gasteiger partial charge is 0.292 e. The number of benzene rings is 1. The van der Waals surface area contributed by atoms with Gasteiger partial charge in [0.2, 0.25) is 0 Å². The van der Waals surface area contributed by atoms with E-state index in [1.165, 1.54) is 0 Å². The number of urea groups is 1. The van der Waals surface area contributed by atoms with Gasteiger partial charge in [-0.1, -0.05) is 11.6 Å². The molecule has 0 bridgehead atoms. The summed E-state index contributed by atoms with van der Waals surface area (Å²) in [5.74, 6) is 0. The van der Waals surface area contributed by atoms with Gasteiger partial charge < -0.3 is 0 Å². The molecule has 2 heterocycles. The van der Waals surface area contributed by atoms with Crippen LogP contribution in [0.4, 0.5) is 16.2 Å². The Morgan fingerprint density at radius 1 is 1.00 bits per heavy atom. The standard InChI is InChI=1S/C14H12ClN3O/c15-11-3-5-12(6-4-11)17-8-9-18(14(17)19)13-2-1-7-16-10-13/h1-7,10H,8-9H2. The second-order valence-electron chi connectivity index (χ2n) is 4.27. The molecule has 0 atom stereocenters. The Morgan fingerprint density at radius 2 is 1.68 bits per heavy atom. The SMILES string of the molecule is O=C1N(c2ccc(Cl)cc2)CCN1c1cccnc1. The summed E-state index contributed by atoms with van der Waals surface area (Å²) in [5.41, 5.74) is 1.68. The number of aromatic nitrogens is 1. The summed E-state index contributed by atoms with van der Waals surface area (Å²) in [7, 11) is 0.